The number of β-amino-alcohol motifs (C(OH)–C–C–N with tert-alkyl or cyclic N) is 1. The first-order chi connectivity index (χ1) is 17.5. The van der Waals surface area contributed by atoms with Crippen LogP contribution in [0.4, 0.5) is 26.2 Å². The van der Waals surface area contributed by atoms with Gasteiger partial charge in [0.05, 0.1) is 30.1 Å². The van der Waals surface area contributed by atoms with Gasteiger partial charge in [0.2, 0.25) is 0 Å². The van der Waals surface area contributed by atoms with Gasteiger partial charge in [0.25, 0.3) is 0 Å². The zero-order valence-electron chi connectivity index (χ0n) is 19.2. The molecule has 0 spiro atoms. The molecule has 1 aliphatic heterocycles. The number of aliphatic hydroxyl groups is 1. The van der Waals surface area contributed by atoms with Crippen LogP contribution in [0.1, 0.15) is 30.7 Å². The van der Waals surface area contributed by atoms with Crippen molar-refractivity contribution in [2.75, 3.05) is 23.7 Å². The van der Waals surface area contributed by atoms with E-state index in [0.29, 0.717) is 41.0 Å². The normalized spacial score (nSPS) is 19.9. The number of hydrogen-bond donors (Lipinski definition) is 4. The summed E-state index contributed by atoms with van der Waals surface area (Å²) in [4.78, 5) is 22.1. The van der Waals surface area contributed by atoms with Gasteiger partial charge in [-0.3, -0.25) is 4.98 Å². The lowest BCUT2D eigenvalue weighted by Gasteiger charge is -2.30. The van der Waals surface area contributed by atoms with Gasteiger partial charge < -0.3 is 21.1 Å². The Hall–Kier alpha value is -3.83. The van der Waals surface area contributed by atoms with Crippen molar-refractivity contribution in [3.05, 3.63) is 60.2 Å². The molecule has 5 heterocycles. The number of nitrogens with one attached hydrogen (secondary N) is 3. The van der Waals surface area contributed by atoms with E-state index in [1.54, 1.807) is 24.5 Å². The Morgan fingerprint density at radius 3 is 2.69 bits per heavy atom. The Kier molecular flexibility index (Phi) is 5.86. The Morgan fingerprint density at radius 1 is 1.00 bits per heavy atom. The van der Waals surface area contributed by atoms with E-state index in [1.807, 2.05) is 6.20 Å². The molecule has 4 N–H and O–H groups in total. The van der Waals surface area contributed by atoms with Crippen LogP contribution < -0.4 is 16.0 Å². The summed E-state index contributed by atoms with van der Waals surface area (Å²) >= 11 is 0. The van der Waals surface area contributed by atoms with Crippen molar-refractivity contribution in [1.82, 2.24) is 30.2 Å². The number of hydrogen-bond acceptors (Lipinski definition) is 9. The molecule has 0 radical (unpaired) electrons. The van der Waals surface area contributed by atoms with E-state index in [0.717, 1.165) is 49.0 Å². The van der Waals surface area contributed by atoms with E-state index in [-0.39, 0.29) is 11.9 Å². The van der Waals surface area contributed by atoms with Gasteiger partial charge in [-0.15, -0.1) is 0 Å². The largest absolute Gasteiger partial charge is 0.390 e. The molecule has 4 aromatic rings. The molecule has 6 rings (SSSR count). The standard InChI is InChI=1S/C25H24F2N8O/c26-15-8-17(27)24(31-9-15)34-21-7-14(3-6-30-21)23-33-19-11-29-10-16(13-1-2-13)22(19)25(35-23)32-18-4-5-28-12-20(18)36/h3,6-11,13,18,20,28,36H,1-2,4-5,12H2,(H,30,31,34)(H,32,33,35)/t18-,20-/m1/s1. The third kappa shape index (κ3) is 4.54. The number of pyridine rings is 3. The molecule has 9 nitrogen and oxygen atoms in total. The molecular weight excluding hydrogens is 466 g/mol. The molecule has 0 unspecified atom stereocenters. The van der Waals surface area contributed by atoms with Crippen molar-refractivity contribution < 1.29 is 13.9 Å². The maximum atomic E-state index is 14.1. The third-order valence-electron chi connectivity index (χ3n) is 6.50. The molecule has 0 bridgehead atoms. The van der Waals surface area contributed by atoms with E-state index >= 15 is 0 Å². The second kappa shape index (κ2) is 9.32. The van der Waals surface area contributed by atoms with Crippen LogP contribution in [0.3, 0.4) is 0 Å². The maximum Gasteiger partial charge on any atom is 0.168 e. The zero-order valence-corrected chi connectivity index (χ0v) is 19.2. The summed E-state index contributed by atoms with van der Waals surface area (Å²) in [6.07, 6.45) is 8.49. The summed E-state index contributed by atoms with van der Waals surface area (Å²) in [5.41, 5.74) is 2.45. The number of aliphatic hydroxyl groups excluding tert-OH is 1. The summed E-state index contributed by atoms with van der Waals surface area (Å²) in [7, 11) is 0. The minimum absolute atomic E-state index is 0.138. The number of halogens is 2. The lowest BCUT2D eigenvalue weighted by atomic mass is 10.0. The van der Waals surface area contributed by atoms with Crippen LogP contribution in [-0.4, -0.2) is 55.3 Å². The number of nitrogens with zero attached hydrogens (tertiary/aromatic N) is 5. The number of anilines is 3. The first kappa shape index (κ1) is 22.6. The van der Waals surface area contributed by atoms with E-state index in [2.05, 4.69) is 30.9 Å². The van der Waals surface area contributed by atoms with Gasteiger partial charge in [-0.05, 0) is 49.4 Å². The van der Waals surface area contributed by atoms with Gasteiger partial charge in [-0.1, -0.05) is 0 Å². The molecule has 184 valence electrons. The fraction of sp³-hybridized carbons (Fsp3) is 0.320. The molecule has 2 atom stereocenters. The minimum atomic E-state index is -0.824. The minimum Gasteiger partial charge on any atom is -0.390 e. The van der Waals surface area contributed by atoms with Gasteiger partial charge in [-0.2, -0.15) is 0 Å². The van der Waals surface area contributed by atoms with E-state index in [4.69, 9.17) is 9.97 Å². The topological polar surface area (TPSA) is 121 Å². The van der Waals surface area contributed by atoms with E-state index < -0.39 is 17.7 Å². The number of piperidine rings is 1. The summed E-state index contributed by atoms with van der Waals surface area (Å²) < 4.78 is 27.3. The number of fused-ring (bicyclic) bond motifs is 1. The zero-order chi connectivity index (χ0) is 24.6. The first-order valence-corrected chi connectivity index (χ1v) is 11.9. The Bertz CT molecular complexity index is 1430. The molecule has 2 aliphatic rings. The van der Waals surface area contributed by atoms with E-state index in [9.17, 15) is 13.9 Å². The van der Waals surface area contributed by atoms with Crippen molar-refractivity contribution in [3.63, 3.8) is 0 Å². The van der Waals surface area contributed by atoms with E-state index in [1.165, 1.54) is 0 Å². The van der Waals surface area contributed by atoms with Crippen molar-refractivity contribution in [1.29, 1.82) is 0 Å². The van der Waals surface area contributed by atoms with Gasteiger partial charge in [0.15, 0.2) is 17.5 Å². The summed E-state index contributed by atoms with van der Waals surface area (Å²) in [6.45, 7) is 1.31. The monoisotopic (exact) mass is 490 g/mol. The van der Waals surface area contributed by atoms with Crippen LogP contribution in [-0.2, 0) is 0 Å². The Labute approximate surface area is 205 Å². The highest BCUT2D eigenvalue weighted by Crippen LogP contribution is 2.44. The molecule has 4 aromatic heterocycles. The second-order valence-electron chi connectivity index (χ2n) is 9.14. The van der Waals surface area contributed by atoms with Crippen molar-refractivity contribution in [2.24, 2.45) is 0 Å². The molecule has 11 heteroatoms. The van der Waals surface area contributed by atoms with Crippen LogP contribution in [0.15, 0.2) is 43.0 Å². The molecule has 36 heavy (non-hydrogen) atoms. The molecule has 1 saturated carbocycles. The molecule has 0 aromatic carbocycles. The predicted octanol–water partition coefficient (Wildman–Crippen LogP) is 3.52. The van der Waals surface area contributed by atoms with Crippen molar-refractivity contribution in [2.45, 2.75) is 37.3 Å². The highest BCUT2D eigenvalue weighted by molar-refractivity contribution is 5.93. The molecular formula is C25H24F2N8O. The number of rotatable bonds is 6. The average molecular weight is 491 g/mol. The summed E-state index contributed by atoms with van der Waals surface area (Å²) in [6, 6.07) is 4.03. The van der Waals surface area contributed by atoms with Gasteiger partial charge >= 0.3 is 0 Å². The lowest BCUT2D eigenvalue weighted by molar-refractivity contribution is 0.128. The summed E-state index contributed by atoms with van der Waals surface area (Å²) in [5.74, 6) is 0.105. The van der Waals surface area contributed by atoms with Crippen molar-refractivity contribution >= 4 is 28.4 Å². The predicted molar refractivity (Wildman–Crippen MR) is 131 cm³/mol. The van der Waals surface area contributed by atoms with Crippen LogP contribution in [0.25, 0.3) is 22.3 Å². The average Bonchev–Trinajstić information content (AvgIpc) is 3.72. The van der Waals surface area contributed by atoms with Gasteiger partial charge in [-0.25, -0.2) is 28.7 Å². The third-order valence-corrected chi connectivity index (χ3v) is 6.50. The fourth-order valence-electron chi connectivity index (χ4n) is 4.50. The summed E-state index contributed by atoms with van der Waals surface area (Å²) in [5, 5.41) is 20.9. The Balaban J connectivity index is 1.40. The quantitative estimate of drug-likeness (QED) is 0.322. The molecule has 1 aliphatic carbocycles. The molecule has 1 saturated heterocycles. The molecule has 2 fully saturated rings. The fourth-order valence-corrected chi connectivity index (χ4v) is 4.50. The van der Waals surface area contributed by atoms with Crippen LogP contribution in [0.5, 0.6) is 0 Å². The maximum absolute atomic E-state index is 14.1. The Morgan fingerprint density at radius 2 is 1.89 bits per heavy atom. The smallest absolute Gasteiger partial charge is 0.168 e. The van der Waals surface area contributed by atoms with Gasteiger partial charge in [0.1, 0.15) is 17.5 Å². The van der Waals surface area contributed by atoms with Crippen LogP contribution in [0, 0.1) is 11.6 Å². The highest BCUT2D eigenvalue weighted by atomic mass is 19.1. The van der Waals surface area contributed by atoms with Crippen molar-refractivity contribution in [3.8, 4) is 11.4 Å². The number of aromatic nitrogens is 5. The molecule has 0 amide bonds. The highest BCUT2D eigenvalue weighted by Gasteiger charge is 2.29. The van der Waals surface area contributed by atoms with Gasteiger partial charge in [0, 0.05) is 36.0 Å². The van der Waals surface area contributed by atoms with Crippen LogP contribution >= 0.6 is 0 Å². The lowest BCUT2D eigenvalue weighted by Crippen LogP contribution is -2.47. The first-order valence-electron chi connectivity index (χ1n) is 11.9. The van der Waals surface area contributed by atoms with Crippen LogP contribution in [0.2, 0.25) is 0 Å². The second-order valence-corrected chi connectivity index (χ2v) is 9.14. The SMILES string of the molecule is O[C@@H]1CNCC[C@H]1Nc1nc(-c2ccnc(Nc3ncc(F)cc3F)c2)nc2cncc(C3CC3)c12.